The van der Waals surface area contributed by atoms with Gasteiger partial charge in [0.25, 0.3) is 0 Å². The highest BCUT2D eigenvalue weighted by molar-refractivity contribution is 5.82. The van der Waals surface area contributed by atoms with E-state index in [2.05, 4.69) is 6.92 Å². The van der Waals surface area contributed by atoms with Gasteiger partial charge in [0, 0.05) is 12.6 Å². The molecule has 1 aromatic rings. The predicted molar refractivity (Wildman–Crippen MR) is 77.5 cm³/mol. The number of rotatable bonds is 7. The molecule has 20 heavy (non-hydrogen) atoms. The molecule has 1 aromatic carbocycles. The monoisotopic (exact) mass is 278 g/mol. The number of hydrogen-bond acceptors (Lipinski definition) is 2. The second kappa shape index (κ2) is 6.84. The second-order valence-electron chi connectivity index (χ2n) is 5.58. The first-order chi connectivity index (χ1) is 9.61. The zero-order chi connectivity index (χ0) is 14.5. The van der Waals surface area contributed by atoms with Crippen LogP contribution in [0, 0.1) is 5.82 Å². The van der Waals surface area contributed by atoms with Crippen molar-refractivity contribution in [3.05, 3.63) is 35.6 Å². The number of carbonyl (C=O) groups is 1. The predicted octanol–water partition coefficient (Wildman–Crippen LogP) is 2.83. The Kier molecular flexibility index (Phi) is 5.12. The molecule has 0 spiro atoms. The van der Waals surface area contributed by atoms with Gasteiger partial charge >= 0.3 is 0 Å². The van der Waals surface area contributed by atoms with Gasteiger partial charge in [0.2, 0.25) is 5.91 Å². The van der Waals surface area contributed by atoms with Crippen LogP contribution in [0.1, 0.15) is 44.6 Å². The molecule has 4 heteroatoms. The molecule has 0 saturated heterocycles. The molecule has 0 aliphatic heterocycles. The Hall–Kier alpha value is -1.42. The third-order valence-electron chi connectivity index (χ3n) is 3.70. The summed E-state index contributed by atoms with van der Waals surface area (Å²) in [6.07, 6.45) is 4.78. The average molecular weight is 278 g/mol. The Balaban J connectivity index is 2.01. The van der Waals surface area contributed by atoms with Gasteiger partial charge in [-0.3, -0.25) is 4.79 Å². The maximum absolute atomic E-state index is 13.2. The highest BCUT2D eigenvalue weighted by atomic mass is 19.1. The van der Waals surface area contributed by atoms with Gasteiger partial charge in [-0.1, -0.05) is 31.9 Å². The van der Waals surface area contributed by atoms with Crippen molar-refractivity contribution in [1.82, 2.24) is 4.90 Å². The van der Waals surface area contributed by atoms with Gasteiger partial charge in [0.1, 0.15) is 5.82 Å². The summed E-state index contributed by atoms with van der Waals surface area (Å²) in [7, 11) is 0. The summed E-state index contributed by atoms with van der Waals surface area (Å²) in [5.41, 5.74) is 6.81. The Bertz CT molecular complexity index is 460. The van der Waals surface area contributed by atoms with Gasteiger partial charge in [0.05, 0.1) is 6.04 Å². The van der Waals surface area contributed by atoms with E-state index in [1.807, 2.05) is 11.0 Å². The average Bonchev–Trinajstić information content (AvgIpc) is 3.26. The van der Waals surface area contributed by atoms with Gasteiger partial charge in [-0.05, 0) is 37.0 Å². The van der Waals surface area contributed by atoms with Crippen molar-refractivity contribution < 1.29 is 9.18 Å². The van der Waals surface area contributed by atoms with Crippen LogP contribution in [0.2, 0.25) is 0 Å². The number of halogens is 1. The lowest BCUT2D eigenvalue weighted by Crippen LogP contribution is -2.44. The minimum Gasteiger partial charge on any atom is -0.334 e. The minimum absolute atomic E-state index is 0.00483. The van der Waals surface area contributed by atoms with Gasteiger partial charge in [0.15, 0.2) is 0 Å². The summed E-state index contributed by atoms with van der Waals surface area (Å²) in [4.78, 5) is 14.3. The lowest BCUT2D eigenvalue weighted by Gasteiger charge is -2.26. The molecule has 1 aliphatic rings. The Morgan fingerprint density at radius 3 is 2.85 bits per heavy atom. The van der Waals surface area contributed by atoms with E-state index in [1.54, 1.807) is 6.07 Å². The molecule has 0 heterocycles. The summed E-state index contributed by atoms with van der Waals surface area (Å²) in [5.74, 6) is -0.258. The minimum atomic E-state index is -0.427. The summed E-state index contributed by atoms with van der Waals surface area (Å²) >= 11 is 0. The molecule has 110 valence electrons. The molecule has 1 fully saturated rings. The van der Waals surface area contributed by atoms with E-state index in [1.165, 1.54) is 12.1 Å². The van der Waals surface area contributed by atoms with E-state index in [0.29, 0.717) is 12.6 Å². The topological polar surface area (TPSA) is 46.3 Å². The molecule has 3 nitrogen and oxygen atoms in total. The fourth-order valence-electron chi connectivity index (χ4n) is 2.37. The zero-order valence-electron chi connectivity index (χ0n) is 12.0. The van der Waals surface area contributed by atoms with Gasteiger partial charge in [-0.2, -0.15) is 0 Å². The quantitative estimate of drug-likeness (QED) is 0.833. The van der Waals surface area contributed by atoms with Crippen LogP contribution < -0.4 is 5.73 Å². The highest BCUT2D eigenvalue weighted by Crippen LogP contribution is 2.29. The molecule has 0 radical (unpaired) electrons. The molecule has 2 rings (SSSR count). The van der Waals surface area contributed by atoms with Crippen molar-refractivity contribution in [2.24, 2.45) is 5.73 Å². The summed E-state index contributed by atoms with van der Waals surface area (Å²) in [6.45, 7) is 2.55. The first-order valence-corrected chi connectivity index (χ1v) is 7.42. The van der Waals surface area contributed by atoms with Gasteiger partial charge in [-0.15, -0.1) is 0 Å². The van der Waals surface area contributed by atoms with E-state index in [-0.39, 0.29) is 11.7 Å². The molecular formula is C16H23FN2O. The van der Waals surface area contributed by atoms with E-state index in [4.69, 9.17) is 5.73 Å². The number of amides is 1. The molecule has 1 unspecified atom stereocenters. The number of unbranched alkanes of at least 4 members (excludes halogenated alkanes) is 1. The zero-order valence-corrected chi connectivity index (χ0v) is 12.0. The highest BCUT2D eigenvalue weighted by Gasteiger charge is 2.34. The van der Waals surface area contributed by atoms with E-state index in [0.717, 1.165) is 37.7 Å². The third-order valence-corrected chi connectivity index (χ3v) is 3.70. The van der Waals surface area contributed by atoms with Crippen molar-refractivity contribution in [3.8, 4) is 0 Å². The Morgan fingerprint density at radius 2 is 2.25 bits per heavy atom. The summed E-state index contributed by atoms with van der Waals surface area (Å²) < 4.78 is 13.2. The molecule has 2 N–H and O–H groups in total. The van der Waals surface area contributed by atoms with Crippen molar-refractivity contribution in [3.63, 3.8) is 0 Å². The number of hydrogen-bond donors (Lipinski definition) is 1. The molecule has 0 aromatic heterocycles. The van der Waals surface area contributed by atoms with Gasteiger partial charge < -0.3 is 10.6 Å². The Morgan fingerprint density at radius 1 is 1.50 bits per heavy atom. The lowest BCUT2D eigenvalue weighted by atomic mass is 10.1. The van der Waals surface area contributed by atoms with Crippen LogP contribution in [-0.4, -0.2) is 22.9 Å². The van der Waals surface area contributed by atoms with Crippen LogP contribution in [0.15, 0.2) is 24.3 Å². The molecule has 0 bridgehead atoms. The number of benzene rings is 1. The van der Waals surface area contributed by atoms with Crippen LogP contribution in [0.4, 0.5) is 4.39 Å². The molecule has 1 saturated carbocycles. The van der Waals surface area contributed by atoms with Gasteiger partial charge in [-0.25, -0.2) is 4.39 Å². The molecular weight excluding hydrogens is 255 g/mol. The molecule has 1 atom stereocenters. The van der Waals surface area contributed by atoms with Crippen molar-refractivity contribution in [2.45, 2.75) is 57.7 Å². The summed E-state index contributed by atoms with van der Waals surface area (Å²) in [6, 6.07) is 6.29. The second-order valence-corrected chi connectivity index (χ2v) is 5.58. The maximum atomic E-state index is 13.2. The fourth-order valence-corrected chi connectivity index (χ4v) is 2.37. The maximum Gasteiger partial charge on any atom is 0.240 e. The van der Waals surface area contributed by atoms with Crippen molar-refractivity contribution in [2.75, 3.05) is 0 Å². The normalized spacial score (nSPS) is 15.9. The van der Waals surface area contributed by atoms with Crippen LogP contribution in [0.25, 0.3) is 0 Å². The molecule has 1 aliphatic carbocycles. The van der Waals surface area contributed by atoms with E-state index >= 15 is 0 Å². The number of carbonyl (C=O) groups excluding carboxylic acids is 1. The summed E-state index contributed by atoms with van der Waals surface area (Å²) in [5, 5.41) is 0. The number of nitrogens with two attached hydrogens (primary N) is 1. The van der Waals surface area contributed by atoms with Crippen LogP contribution >= 0.6 is 0 Å². The van der Waals surface area contributed by atoms with Crippen LogP contribution in [0.5, 0.6) is 0 Å². The first kappa shape index (κ1) is 15.0. The SMILES string of the molecule is CCCCC(N)C(=O)N(Cc1cccc(F)c1)C1CC1. The van der Waals surface area contributed by atoms with E-state index < -0.39 is 6.04 Å². The third kappa shape index (κ3) is 4.04. The Labute approximate surface area is 120 Å². The lowest BCUT2D eigenvalue weighted by molar-refractivity contribution is -0.134. The molecule has 1 amide bonds. The van der Waals surface area contributed by atoms with Crippen molar-refractivity contribution in [1.29, 1.82) is 0 Å². The number of nitrogens with zero attached hydrogens (tertiary/aromatic N) is 1. The smallest absolute Gasteiger partial charge is 0.240 e. The van der Waals surface area contributed by atoms with Crippen molar-refractivity contribution >= 4 is 5.91 Å². The first-order valence-electron chi connectivity index (χ1n) is 7.42. The largest absolute Gasteiger partial charge is 0.334 e. The standard InChI is InChI=1S/C16H23FN2O/c1-2-3-7-15(18)16(20)19(14-8-9-14)11-12-5-4-6-13(17)10-12/h4-6,10,14-15H,2-3,7-9,11,18H2,1H3. The fraction of sp³-hybridized carbons (Fsp3) is 0.562. The van der Waals surface area contributed by atoms with Crippen LogP contribution in [-0.2, 0) is 11.3 Å². The van der Waals surface area contributed by atoms with Crippen LogP contribution in [0.3, 0.4) is 0 Å². The van der Waals surface area contributed by atoms with E-state index in [9.17, 15) is 9.18 Å².